The van der Waals surface area contributed by atoms with Crippen LogP contribution in [0.15, 0.2) is 47.4 Å². The van der Waals surface area contributed by atoms with Crippen LogP contribution in [0.2, 0.25) is 0 Å². The van der Waals surface area contributed by atoms with Crippen molar-refractivity contribution < 1.29 is 4.79 Å². The van der Waals surface area contributed by atoms with E-state index < -0.39 is 0 Å². The molecule has 0 radical (unpaired) electrons. The Bertz CT molecular complexity index is 883. The molecule has 2 aromatic heterocycles. The quantitative estimate of drug-likeness (QED) is 0.677. The summed E-state index contributed by atoms with van der Waals surface area (Å²) in [6, 6.07) is 10.8. The number of H-pyrrole nitrogens is 2. The molecule has 0 aliphatic rings. The fourth-order valence-corrected chi connectivity index (χ4v) is 2.28. The lowest BCUT2D eigenvalue weighted by Crippen LogP contribution is -2.25. The summed E-state index contributed by atoms with van der Waals surface area (Å²) in [6.07, 6.45) is 1.48. The standard InChI is InChI=1S/C16H15N5O2/c1-10-19-12(7-14(22)20-10)8-17-16(23)13-9-18-21-15(13)11-5-3-2-4-6-11/h2-7,9H,8H2,1H3,(H,17,23)(H,18,21)(H,19,20,22). The number of carbonyl (C=O) groups is 1. The maximum absolute atomic E-state index is 12.4. The number of rotatable bonds is 4. The lowest BCUT2D eigenvalue weighted by molar-refractivity contribution is 0.0951. The molecule has 2 heterocycles. The van der Waals surface area contributed by atoms with Crippen LogP contribution in [0.25, 0.3) is 11.3 Å². The molecular weight excluding hydrogens is 294 g/mol. The molecule has 0 atom stereocenters. The molecule has 3 aromatic rings. The molecule has 23 heavy (non-hydrogen) atoms. The van der Waals surface area contributed by atoms with Crippen molar-refractivity contribution in [1.82, 2.24) is 25.5 Å². The smallest absolute Gasteiger partial charge is 0.255 e. The lowest BCUT2D eigenvalue weighted by atomic mass is 10.1. The zero-order chi connectivity index (χ0) is 16.2. The Morgan fingerprint density at radius 1 is 1.26 bits per heavy atom. The molecule has 0 unspecified atom stereocenters. The van der Waals surface area contributed by atoms with Crippen LogP contribution in [0.3, 0.4) is 0 Å². The van der Waals surface area contributed by atoms with Gasteiger partial charge in [0.1, 0.15) is 5.82 Å². The minimum Gasteiger partial charge on any atom is -0.346 e. The number of hydrogen-bond donors (Lipinski definition) is 3. The third-order valence-corrected chi connectivity index (χ3v) is 3.29. The zero-order valence-corrected chi connectivity index (χ0v) is 12.5. The van der Waals surface area contributed by atoms with Crippen molar-refractivity contribution in [2.75, 3.05) is 0 Å². The van der Waals surface area contributed by atoms with Gasteiger partial charge >= 0.3 is 0 Å². The highest BCUT2D eigenvalue weighted by atomic mass is 16.1. The number of aromatic amines is 2. The highest BCUT2D eigenvalue weighted by molar-refractivity contribution is 5.99. The number of nitrogens with zero attached hydrogens (tertiary/aromatic N) is 2. The largest absolute Gasteiger partial charge is 0.346 e. The average molecular weight is 309 g/mol. The maximum atomic E-state index is 12.4. The number of amides is 1. The van der Waals surface area contributed by atoms with E-state index in [1.807, 2.05) is 30.3 Å². The van der Waals surface area contributed by atoms with E-state index in [-0.39, 0.29) is 18.0 Å². The molecule has 3 rings (SSSR count). The maximum Gasteiger partial charge on any atom is 0.255 e. The Labute approximate surface area is 131 Å². The first-order valence-corrected chi connectivity index (χ1v) is 7.07. The van der Waals surface area contributed by atoms with Crippen LogP contribution in [-0.4, -0.2) is 26.1 Å². The van der Waals surface area contributed by atoms with E-state index in [1.54, 1.807) is 6.92 Å². The summed E-state index contributed by atoms with van der Waals surface area (Å²) >= 11 is 0. The van der Waals surface area contributed by atoms with Crippen molar-refractivity contribution in [2.45, 2.75) is 13.5 Å². The van der Waals surface area contributed by atoms with Crippen LogP contribution in [-0.2, 0) is 6.54 Å². The Balaban J connectivity index is 1.77. The molecule has 7 heteroatoms. The van der Waals surface area contributed by atoms with Gasteiger partial charge in [-0.3, -0.25) is 14.7 Å². The zero-order valence-electron chi connectivity index (χ0n) is 12.5. The molecule has 1 amide bonds. The van der Waals surface area contributed by atoms with Crippen molar-refractivity contribution in [2.24, 2.45) is 0 Å². The molecule has 0 saturated heterocycles. The second-order valence-electron chi connectivity index (χ2n) is 5.03. The van der Waals surface area contributed by atoms with E-state index in [2.05, 4.69) is 25.5 Å². The summed E-state index contributed by atoms with van der Waals surface area (Å²) in [5, 5.41) is 9.54. The molecule has 0 fully saturated rings. The van der Waals surface area contributed by atoms with Crippen LogP contribution in [0, 0.1) is 6.92 Å². The Kier molecular flexibility index (Phi) is 4.01. The number of hydrogen-bond acceptors (Lipinski definition) is 4. The van der Waals surface area contributed by atoms with Gasteiger partial charge in [0.15, 0.2) is 0 Å². The van der Waals surface area contributed by atoms with Crippen LogP contribution in [0.1, 0.15) is 21.9 Å². The molecule has 116 valence electrons. The normalized spacial score (nSPS) is 10.5. The fraction of sp³-hybridized carbons (Fsp3) is 0.125. The van der Waals surface area contributed by atoms with Gasteiger partial charge in [0, 0.05) is 11.6 Å². The number of aryl methyl sites for hydroxylation is 1. The first-order chi connectivity index (χ1) is 11.1. The number of carbonyl (C=O) groups excluding carboxylic acids is 1. The Hall–Kier alpha value is -3.22. The van der Waals surface area contributed by atoms with Crippen molar-refractivity contribution in [3.8, 4) is 11.3 Å². The summed E-state index contributed by atoms with van der Waals surface area (Å²) in [5.41, 5.74) is 2.23. The summed E-state index contributed by atoms with van der Waals surface area (Å²) in [4.78, 5) is 30.5. The molecule has 0 spiro atoms. The molecule has 0 bridgehead atoms. The predicted molar refractivity (Wildman–Crippen MR) is 84.8 cm³/mol. The highest BCUT2D eigenvalue weighted by Crippen LogP contribution is 2.20. The van der Waals surface area contributed by atoms with Gasteiger partial charge in [-0.2, -0.15) is 5.10 Å². The molecule has 0 aliphatic carbocycles. The molecule has 0 saturated carbocycles. The number of nitrogens with one attached hydrogen (secondary N) is 3. The van der Waals surface area contributed by atoms with E-state index in [0.717, 1.165) is 5.56 Å². The van der Waals surface area contributed by atoms with Gasteiger partial charge in [0.25, 0.3) is 11.5 Å². The third-order valence-electron chi connectivity index (χ3n) is 3.29. The van der Waals surface area contributed by atoms with Gasteiger partial charge < -0.3 is 10.3 Å². The topological polar surface area (TPSA) is 104 Å². The minimum absolute atomic E-state index is 0.170. The first kappa shape index (κ1) is 14.7. The lowest BCUT2D eigenvalue weighted by Gasteiger charge is -2.06. The molecule has 0 aliphatic heterocycles. The van der Waals surface area contributed by atoms with Crippen LogP contribution >= 0.6 is 0 Å². The van der Waals surface area contributed by atoms with Crippen LogP contribution in [0.5, 0.6) is 0 Å². The summed E-state index contributed by atoms with van der Waals surface area (Å²) < 4.78 is 0. The van der Waals surface area contributed by atoms with Crippen molar-refractivity contribution in [3.63, 3.8) is 0 Å². The van der Waals surface area contributed by atoms with Crippen molar-refractivity contribution >= 4 is 5.91 Å². The molecule has 1 aromatic carbocycles. The fourth-order valence-electron chi connectivity index (χ4n) is 2.28. The van der Waals surface area contributed by atoms with E-state index in [0.29, 0.717) is 22.8 Å². The summed E-state index contributed by atoms with van der Waals surface area (Å²) in [6.45, 7) is 1.86. The van der Waals surface area contributed by atoms with Gasteiger partial charge in [-0.15, -0.1) is 0 Å². The highest BCUT2D eigenvalue weighted by Gasteiger charge is 2.15. The van der Waals surface area contributed by atoms with Crippen molar-refractivity contribution in [3.05, 3.63) is 70.0 Å². The number of benzene rings is 1. The third kappa shape index (κ3) is 3.34. The summed E-state index contributed by atoms with van der Waals surface area (Å²) in [5.74, 6) is 0.229. The molecular formula is C16H15N5O2. The van der Waals surface area contributed by atoms with E-state index >= 15 is 0 Å². The van der Waals surface area contributed by atoms with Gasteiger partial charge in [-0.25, -0.2) is 4.98 Å². The first-order valence-electron chi connectivity index (χ1n) is 7.07. The van der Waals surface area contributed by atoms with Crippen LogP contribution in [0.4, 0.5) is 0 Å². The second kappa shape index (κ2) is 6.27. The predicted octanol–water partition coefficient (Wildman–Crippen LogP) is 1.40. The molecule has 7 nitrogen and oxygen atoms in total. The second-order valence-corrected chi connectivity index (χ2v) is 5.03. The van der Waals surface area contributed by atoms with Gasteiger partial charge in [-0.05, 0) is 6.92 Å². The molecule has 3 N–H and O–H groups in total. The SMILES string of the molecule is Cc1nc(CNC(=O)c2cn[nH]c2-c2ccccc2)cc(=O)[nH]1. The number of aromatic nitrogens is 4. The van der Waals surface area contributed by atoms with E-state index in [1.165, 1.54) is 12.3 Å². The van der Waals surface area contributed by atoms with Gasteiger partial charge in [0.2, 0.25) is 0 Å². The Morgan fingerprint density at radius 2 is 2.04 bits per heavy atom. The Morgan fingerprint density at radius 3 is 2.78 bits per heavy atom. The van der Waals surface area contributed by atoms with E-state index in [9.17, 15) is 9.59 Å². The minimum atomic E-state index is -0.280. The van der Waals surface area contributed by atoms with Crippen molar-refractivity contribution in [1.29, 1.82) is 0 Å². The summed E-state index contributed by atoms with van der Waals surface area (Å²) in [7, 11) is 0. The van der Waals surface area contributed by atoms with Gasteiger partial charge in [-0.1, -0.05) is 30.3 Å². The van der Waals surface area contributed by atoms with E-state index in [4.69, 9.17) is 0 Å². The van der Waals surface area contributed by atoms with Gasteiger partial charge in [0.05, 0.1) is 29.7 Å². The monoisotopic (exact) mass is 309 g/mol. The average Bonchev–Trinajstić information content (AvgIpc) is 3.02. The van der Waals surface area contributed by atoms with Crippen LogP contribution < -0.4 is 10.9 Å².